The van der Waals surface area contributed by atoms with Crippen LogP contribution in [0.25, 0.3) is 0 Å². The lowest BCUT2D eigenvalue weighted by atomic mass is 9.79. The van der Waals surface area contributed by atoms with Gasteiger partial charge in [0.25, 0.3) is 0 Å². The Morgan fingerprint density at radius 3 is 2.81 bits per heavy atom. The van der Waals surface area contributed by atoms with Crippen molar-refractivity contribution in [2.75, 3.05) is 13.7 Å². The van der Waals surface area contributed by atoms with E-state index in [9.17, 15) is 5.11 Å². The van der Waals surface area contributed by atoms with Crippen LogP contribution >= 0.6 is 0 Å². The number of aliphatic hydroxyl groups is 1. The molecule has 3 nitrogen and oxygen atoms in total. The highest BCUT2D eigenvalue weighted by molar-refractivity contribution is 5.38. The van der Waals surface area contributed by atoms with Crippen LogP contribution in [0.3, 0.4) is 0 Å². The molecule has 1 N–H and O–H groups in total. The zero-order valence-corrected chi connectivity index (χ0v) is 13.1. The van der Waals surface area contributed by atoms with E-state index in [2.05, 4.69) is 13.0 Å². The molecule has 3 heteroatoms. The van der Waals surface area contributed by atoms with Crippen molar-refractivity contribution < 1.29 is 14.6 Å². The fourth-order valence-corrected chi connectivity index (χ4v) is 4.04. The van der Waals surface area contributed by atoms with E-state index < -0.39 is 6.10 Å². The Morgan fingerprint density at radius 2 is 2.10 bits per heavy atom. The van der Waals surface area contributed by atoms with Gasteiger partial charge >= 0.3 is 0 Å². The van der Waals surface area contributed by atoms with Crippen molar-refractivity contribution in [2.24, 2.45) is 5.92 Å². The molecule has 0 radical (unpaired) electrons. The van der Waals surface area contributed by atoms with Gasteiger partial charge < -0.3 is 14.6 Å². The number of hydrogen-bond acceptors (Lipinski definition) is 3. The highest BCUT2D eigenvalue weighted by Crippen LogP contribution is 2.46. The lowest BCUT2D eigenvalue weighted by molar-refractivity contribution is -0.113. The highest BCUT2D eigenvalue weighted by Gasteiger charge is 2.42. The molecule has 1 aliphatic heterocycles. The van der Waals surface area contributed by atoms with Crippen molar-refractivity contribution in [2.45, 2.75) is 57.2 Å². The van der Waals surface area contributed by atoms with Gasteiger partial charge in [-0.1, -0.05) is 24.5 Å². The summed E-state index contributed by atoms with van der Waals surface area (Å²) >= 11 is 0. The molecule has 2 fully saturated rings. The van der Waals surface area contributed by atoms with Gasteiger partial charge in [0, 0.05) is 12.2 Å². The molecule has 3 rings (SSSR count). The summed E-state index contributed by atoms with van der Waals surface area (Å²) in [4.78, 5) is 0. The monoisotopic (exact) mass is 290 g/mol. The molecular formula is C18H26O3. The van der Waals surface area contributed by atoms with Crippen LogP contribution in [0.15, 0.2) is 18.2 Å². The van der Waals surface area contributed by atoms with Gasteiger partial charge in [0.15, 0.2) is 0 Å². The number of aryl methyl sites for hydroxylation is 1. The van der Waals surface area contributed by atoms with Gasteiger partial charge in [-0.2, -0.15) is 0 Å². The van der Waals surface area contributed by atoms with Gasteiger partial charge in [-0.3, -0.25) is 0 Å². The lowest BCUT2D eigenvalue weighted by Crippen LogP contribution is -2.39. The quantitative estimate of drug-likeness (QED) is 0.921. The molecule has 116 valence electrons. The molecule has 1 saturated carbocycles. The van der Waals surface area contributed by atoms with E-state index in [-0.39, 0.29) is 11.5 Å². The normalized spacial score (nSPS) is 26.0. The van der Waals surface area contributed by atoms with E-state index >= 15 is 0 Å². The predicted octanol–water partition coefficient (Wildman–Crippen LogP) is 3.78. The van der Waals surface area contributed by atoms with E-state index in [0.29, 0.717) is 0 Å². The molecule has 1 aromatic rings. The van der Waals surface area contributed by atoms with Gasteiger partial charge in [-0.15, -0.1) is 0 Å². The van der Waals surface area contributed by atoms with Crippen LogP contribution in [-0.4, -0.2) is 24.4 Å². The van der Waals surface area contributed by atoms with Crippen LogP contribution < -0.4 is 4.74 Å². The average molecular weight is 290 g/mol. The molecule has 1 saturated heterocycles. The van der Waals surface area contributed by atoms with Crippen LogP contribution in [0.1, 0.15) is 55.8 Å². The van der Waals surface area contributed by atoms with Crippen molar-refractivity contribution in [1.29, 1.82) is 0 Å². The van der Waals surface area contributed by atoms with Crippen LogP contribution in [0.2, 0.25) is 0 Å². The number of methoxy groups -OCH3 is 1. The maximum atomic E-state index is 10.9. The van der Waals surface area contributed by atoms with Gasteiger partial charge in [0.1, 0.15) is 5.75 Å². The van der Waals surface area contributed by atoms with E-state index in [0.717, 1.165) is 49.2 Å². The van der Waals surface area contributed by atoms with E-state index in [4.69, 9.17) is 9.47 Å². The molecule has 0 amide bonds. The summed E-state index contributed by atoms with van der Waals surface area (Å²) in [6, 6.07) is 6.04. The molecule has 21 heavy (non-hydrogen) atoms. The largest absolute Gasteiger partial charge is 0.496 e. The SMILES string of the molecule is COc1ccc(C)cc1C(O)C1CCOC2(CCCC2)C1. The first-order valence-electron chi connectivity index (χ1n) is 8.10. The van der Waals surface area contributed by atoms with Crippen molar-refractivity contribution in [3.05, 3.63) is 29.3 Å². The zero-order valence-electron chi connectivity index (χ0n) is 13.1. The van der Waals surface area contributed by atoms with E-state index in [1.54, 1.807) is 7.11 Å². The molecule has 1 heterocycles. The molecule has 2 unspecified atom stereocenters. The molecule has 1 aliphatic carbocycles. The van der Waals surface area contributed by atoms with Crippen molar-refractivity contribution in [3.63, 3.8) is 0 Å². The first kappa shape index (κ1) is 14.9. The number of benzene rings is 1. The van der Waals surface area contributed by atoms with Gasteiger partial charge in [0.2, 0.25) is 0 Å². The predicted molar refractivity (Wildman–Crippen MR) is 82.6 cm³/mol. The Morgan fingerprint density at radius 1 is 1.33 bits per heavy atom. The van der Waals surface area contributed by atoms with E-state index in [1.165, 1.54) is 12.8 Å². The lowest BCUT2D eigenvalue weighted by Gasteiger charge is -2.40. The molecule has 1 spiro atoms. The summed E-state index contributed by atoms with van der Waals surface area (Å²) < 4.78 is 11.5. The fraction of sp³-hybridized carbons (Fsp3) is 0.667. The Kier molecular flexibility index (Phi) is 4.23. The second-order valence-corrected chi connectivity index (χ2v) is 6.68. The Labute approximate surface area is 127 Å². The minimum atomic E-state index is -0.457. The molecule has 2 atom stereocenters. The average Bonchev–Trinajstić information content (AvgIpc) is 2.94. The number of hydrogen-bond donors (Lipinski definition) is 1. The Hall–Kier alpha value is -1.06. The molecule has 1 aromatic carbocycles. The molecule has 0 bridgehead atoms. The topological polar surface area (TPSA) is 38.7 Å². The van der Waals surface area contributed by atoms with Gasteiger partial charge in [-0.25, -0.2) is 0 Å². The third-order valence-electron chi connectivity index (χ3n) is 5.20. The maximum absolute atomic E-state index is 10.9. The van der Waals surface area contributed by atoms with Crippen molar-refractivity contribution >= 4 is 0 Å². The van der Waals surface area contributed by atoms with Crippen LogP contribution in [0, 0.1) is 12.8 Å². The molecule has 2 aliphatic rings. The minimum Gasteiger partial charge on any atom is -0.496 e. The summed E-state index contributed by atoms with van der Waals surface area (Å²) in [5, 5.41) is 10.9. The minimum absolute atomic E-state index is 0.0426. The van der Waals surface area contributed by atoms with Crippen LogP contribution in [0.4, 0.5) is 0 Å². The summed E-state index contributed by atoms with van der Waals surface area (Å²) in [6.45, 7) is 2.83. The first-order valence-corrected chi connectivity index (χ1v) is 8.10. The smallest absolute Gasteiger partial charge is 0.124 e. The van der Waals surface area contributed by atoms with Crippen molar-refractivity contribution in [3.8, 4) is 5.75 Å². The zero-order chi connectivity index (χ0) is 14.9. The first-order chi connectivity index (χ1) is 10.1. The fourth-order valence-electron chi connectivity index (χ4n) is 4.04. The summed E-state index contributed by atoms with van der Waals surface area (Å²) in [5.74, 6) is 1.06. The second-order valence-electron chi connectivity index (χ2n) is 6.68. The summed E-state index contributed by atoms with van der Waals surface area (Å²) in [6.07, 6.45) is 6.28. The summed E-state index contributed by atoms with van der Waals surface area (Å²) in [7, 11) is 1.67. The number of rotatable bonds is 3. The molecule has 0 aromatic heterocycles. The Bertz CT molecular complexity index is 491. The van der Waals surface area contributed by atoms with Gasteiger partial charge in [-0.05, 0) is 50.7 Å². The Balaban J connectivity index is 1.81. The molecular weight excluding hydrogens is 264 g/mol. The maximum Gasteiger partial charge on any atom is 0.124 e. The van der Waals surface area contributed by atoms with Crippen LogP contribution in [-0.2, 0) is 4.74 Å². The number of ether oxygens (including phenoxy) is 2. The van der Waals surface area contributed by atoms with Gasteiger partial charge in [0.05, 0.1) is 18.8 Å². The third-order valence-corrected chi connectivity index (χ3v) is 5.20. The second kappa shape index (κ2) is 5.98. The third kappa shape index (κ3) is 2.95. The summed E-state index contributed by atoms with van der Waals surface area (Å²) in [5.41, 5.74) is 2.13. The van der Waals surface area contributed by atoms with E-state index in [1.807, 2.05) is 12.1 Å². The van der Waals surface area contributed by atoms with Crippen molar-refractivity contribution in [1.82, 2.24) is 0 Å². The number of aliphatic hydroxyl groups excluding tert-OH is 1. The highest BCUT2D eigenvalue weighted by atomic mass is 16.5. The van der Waals surface area contributed by atoms with Crippen LogP contribution in [0.5, 0.6) is 5.75 Å². The standard InChI is InChI=1S/C18H26O3/c1-13-5-6-16(20-2)15(11-13)17(19)14-7-10-21-18(12-14)8-3-4-9-18/h5-6,11,14,17,19H,3-4,7-10,12H2,1-2H3.